The van der Waals surface area contributed by atoms with Gasteiger partial charge in [0.05, 0.1) is 0 Å². The highest BCUT2D eigenvalue weighted by Gasteiger charge is 2.08. The lowest BCUT2D eigenvalue weighted by Crippen LogP contribution is -2.24. The third-order valence-electron chi connectivity index (χ3n) is 4.03. The molecule has 0 saturated carbocycles. The van der Waals surface area contributed by atoms with Crippen molar-refractivity contribution in [2.45, 2.75) is 20.4 Å². The van der Waals surface area contributed by atoms with E-state index in [0.29, 0.717) is 17.9 Å². The second-order valence-corrected chi connectivity index (χ2v) is 6.23. The molecule has 0 atom stereocenters. The highest BCUT2D eigenvalue weighted by atomic mass is 16.2. The van der Waals surface area contributed by atoms with Gasteiger partial charge in [0.25, 0.3) is 5.91 Å². The second-order valence-electron chi connectivity index (χ2n) is 6.23. The van der Waals surface area contributed by atoms with Crippen LogP contribution in [0.5, 0.6) is 0 Å². The van der Waals surface area contributed by atoms with Crippen molar-refractivity contribution in [3.8, 4) is 0 Å². The van der Waals surface area contributed by atoms with Gasteiger partial charge in [-0.25, -0.2) is 0 Å². The Morgan fingerprint density at radius 1 is 0.889 bits per heavy atom. The summed E-state index contributed by atoms with van der Waals surface area (Å²) in [7, 11) is 0. The Bertz CT molecular complexity index is 933. The maximum atomic E-state index is 12.2. The van der Waals surface area contributed by atoms with Crippen molar-refractivity contribution in [3.63, 3.8) is 0 Å². The minimum Gasteiger partial charge on any atom is -0.347 e. The van der Waals surface area contributed by atoms with Gasteiger partial charge in [-0.3, -0.25) is 9.59 Å². The van der Waals surface area contributed by atoms with E-state index in [2.05, 4.69) is 20.8 Å². The molecule has 27 heavy (non-hydrogen) atoms. The van der Waals surface area contributed by atoms with Crippen LogP contribution in [0.2, 0.25) is 0 Å². The van der Waals surface area contributed by atoms with Gasteiger partial charge in [0.15, 0.2) is 17.3 Å². The van der Waals surface area contributed by atoms with Gasteiger partial charge in [0, 0.05) is 17.8 Å². The molecular weight excluding hydrogens is 340 g/mol. The van der Waals surface area contributed by atoms with E-state index in [0.717, 1.165) is 11.3 Å². The zero-order valence-corrected chi connectivity index (χ0v) is 15.2. The molecule has 6 heteroatoms. The van der Waals surface area contributed by atoms with Crippen LogP contribution < -0.4 is 10.6 Å². The molecule has 2 aromatic carbocycles. The van der Waals surface area contributed by atoms with Crippen LogP contribution in [0.25, 0.3) is 0 Å². The number of nitrogens with zero attached hydrogens (tertiary/aromatic N) is 2. The number of benzene rings is 2. The maximum Gasteiger partial charge on any atom is 0.272 e. The lowest BCUT2D eigenvalue weighted by Gasteiger charge is -2.07. The fourth-order valence-corrected chi connectivity index (χ4v) is 2.44. The van der Waals surface area contributed by atoms with E-state index in [-0.39, 0.29) is 17.4 Å². The van der Waals surface area contributed by atoms with Gasteiger partial charge in [-0.05, 0) is 55.8 Å². The molecule has 0 radical (unpaired) electrons. The van der Waals surface area contributed by atoms with Crippen LogP contribution in [0.15, 0.2) is 60.7 Å². The molecule has 0 aliphatic carbocycles. The lowest BCUT2D eigenvalue weighted by atomic mass is 10.1. The first kappa shape index (κ1) is 18.3. The van der Waals surface area contributed by atoms with Crippen LogP contribution in [0, 0.1) is 6.92 Å². The van der Waals surface area contributed by atoms with E-state index in [9.17, 15) is 9.59 Å². The largest absolute Gasteiger partial charge is 0.347 e. The average Bonchev–Trinajstić information content (AvgIpc) is 2.68. The van der Waals surface area contributed by atoms with Crippen LogP contribution in [0.4, 0.5) is 11.5 Å². The first-order chi connectivity index (χ1) is 13.0. The molecule has 0 bridgehead atoms. The Labute approximate surface area is 157 Å². The van der Waals surface area contributed by atoms with Gasteiger partial charge >= 0.3 is 0 Å². The summed E-state index contributed by atoms with van der Waals surface area (Å²) in [4.78, 5) is 23.5. The normalized spacial score (nSPS) is 10.3. The summed E-state index contributed by atoms with van der Waals surface area (Å²) in [6.07, 6.45) is 0. The highest BCUT2D eigenvalue weighted by Crippen LogP contribution is 2.15. The summed E-state index contributed by atoms with van der Waals surface area (Å²) in [5, 5.41) is 13.9. The number of carbonyl (C=O) groups is 2. The number of hydrogen-bond donors (Lipinski definition) is 2. The highest BCUT2D eigenvalue weighted by molar-refractivity contribution is 5.94. The zero-order valence-electron chi connectivity index (χ0n) is 15.2. The van der Waals surface area contributed by atoms with Crippen molar-refractivity contribution in [2.75, 3.05) is 5.32 Å². The predicted octanol–water partition coefficient (Wildman–Crippen LogP) is 3.66. The first-order valence-electron chi connectivity index (χ1n) is 8.57. The SMILES string of the molecule is CC(=O)c1ccc(Nc2ccc(C(=O)NCc3ccc(C)cc3)nn2)cc1. The van der Waals surface area contributed by atoms with Crippen LogP contribution in [0.1, 0.15) is 38.9 Å². The van der Waals surface area contributed by atoms with Crippen LogP contribution in [-0.2, 0) is 6.54 Å². The first-order valence-corrected chi connectivity index (χ1v) is 8.57. The Morgan fingerprint density at radius 3 is 2.19 bits per heavy atom. The summed E-state index contributed by atoms with van der Waals surface area (Å²) in [5.74, 6) is 0.253. The molecule has 6 nitrogen and oxygen atoms in total. The van der Waals surface area contributed by atoms with Crippen LogP contribution >= 0.6 is 0 Å². The van der Waals surface area contributed by atoms with Crippen LogP contribution in [0.3, 0.4) is 0 Å². The number of aromatic nitrogens is 2. The van der Waals surface area contributed by atoms with Gasteiger partial charge in [-0.2, -0.15) is 0 Å². The second kappa shape index (κ2) is 8.23. The summed E-state index contributed by atoms with van der Waals surface area (Å²) >= 11 is 0. The Kier molecular flexibility index (Phi) is 5.56. The van der Waals surface area contributed by atoms with Crippen molar-refractivity contribution >= 4 is 23.2 Å². The van der Waals surface area contributed by atoms with Crippen molar-refractivity contribution in [2.24, 2.45) is 0 Å². The minimum atomic E-state index is -0.277. The third-order valence-corrected chi connectivity index (χ3v) is 4.03. The summed E-state index contributed by atoms with van der Waals surface area (Å²) < 4.78 is 0. The van der Waals surface area contributed by atoms with E-state index in [1.807, 2.05) is 31.2 Å². The molecule has 0 spiro atoms. The Morgan fingerprint density at radius 2 is 1.59 bits per heavy atom. The number of Topliss-reactive ketones (excluding diaryl/α,β-unsaturated/α-hetero) is 1. The number of aryl methyl sites for hydroxylation is 1. The number of rotatable bonds is 6. The predicted molar refractivity (Wildman–Crippen MR) is 104 cm³/mol. The Hall–Kier alpha value is -3.54. The summed E-state index contributed by atoms with van der Waals surface area (Å²) in [6.45, 7) is 3.98. The molecule has 0 aliphatic heterocycles. The molecule has 0 unspecified atom stereocenters. The van der Waals surface area contributed by atoms with E-state index >= 15 is 0 Å². The number of ketones is 1. The van der Waals surface area contributed by atoms with Gasteiger partial charge in [-0.15, -0.1) is 10.2 Å². The zero-order chi connectivity index (χ0) is 19.2. The van der Waals surface area contributed by atoms with Crippen molar-refractivity contribution in [1.29, 1.82) is 0 Å². The van der Waals surface area contributed by atoms with E-state index in [1.54, 1.807) is 36.4 Å². The molecule has 0 fully saturated rings. The smallest absolute Gasteiger partial charge is 0.272 e. The fraction of sp³-hybridized carbons (Fsp3) is 0.143. The fourth-order valence-electron chi connectivity index (χ4n) is 2.44. The van der Waals surface area contributed by atoms with E-state index in [1.165, 1.54) is 12.5 Å². The van der Waals surface area contributed by atoms with Crippen molar-refractivity contribution < 1.29 is 9.59 Å². The van der Waals surface area contributed by atoms with Crippen molar-refractivity contribution in [3.05, 3.63) is 83.0 Å². The molecule has 2 N–H and O–H groups in total. The van der Waals surface area contributed by atoms with E-state index in [4.69, 9.17) is 0 Å². The van der Waals surface area contributed by atoms with Gasteiger partial charge in [0.2, 0.25) is 0 Å². The molecule has 1 amide bonds. The number of carbonyl (C=O) groups excluding carboxylic acids is 2. The molecular formula is C21H20N4O2. The third kappa shape index (κ3) is 4.98. The molecule has 3 aromatic rings. The molecule has 3 rings (SSSR count). The average molecular weight is 360 g/mol. The molecule has 0 saturated heterocycles. The number of amides is 1. The lowest BCUT2D eigenvalue weighted by molar-refractivity contribution is 0.0944. The monoisotopic (exact) mass is 360 g/mol. The standard InChI is InChI=1S/C21H20N4O2/c1-14-3-5-16(6-4-14)13-22-21(27)19-11-12-20(25-24-19)23-18-9-7-17(8-10-18)15(2)26/h3-12H,13H2,1-2H3,(H,22,27)(H,23,25). The molecule has 1 aromatic heterocycles. The van der Waals surface area contributed by atoms with Gasteiger partial charge in [0.1, 0.15) is 0 Å². The molecule has 1 heterocycles. The maximum absolute atomic E-state index is 12.2. The molecule has 0 aliphatic rings. The minimum absolute atomic E-state index is 0.0161. The quantitative estimate of drug-likeness (QED) is 0.656. The Balaban J connectivity index is 1.58. The number of anilines is 2. The van der Waals surface area contributed by atoms with Crippen LogP contribution in [-0.4, -0.2) is 21.9 Å². The summed E-state index contributed by atoms with van der Waals surface area (Å²) in [6, 6.07) is 18.3. The van der Waals surface area contributed by atoms with Gasteiger partial charge in [-0.1, -0.05) is 29.8 Å². The number of hydrogen-bond acceptors (Lipinski definition) is 5. The summed E-state index contributed by atoms with van der Waals surface area (Å²) in [5.41, 5.74) is 3.88. The van der Waals surface area contributed by atoms with Crippen molar-refractivity contribution in [1.82, 2.24) is 15.5 Å². The topological polar surface area (TPSA) is 84.0 Å². The van der Waals surface area contributed by atoms with E-state index < -0.39 is 0 Å². The molecule has 136 valence electrons. The number of nitrogens with one attached hydrogen (secondary N) is 2. The van der Waals surface area contributed by atoms with Gasteiger partial charge < -0.3 is 10.6 Å².